The van der Waals surface area contributed by atoms with Crippen molar-refractivity contribution in [1.82, 2.24) is 4.72 Å². The van der Waals surface area contributed by atoms with Gasteiger partial charge in [0.05, 0.1) is 5.75 Å². The molecule has 1 aliphatic carbocycles. The van der Waals surface area contributed by atoms with E-state index in [0.29, 0.717) is 5.88 Å². The van der Waals surface area contributed by atoms with Crippen molar-refractivity contribution >= 4 is 21.6 Å². The van der Waals surface area contributed by atoms with Gasteiger partial charge >= 0.3 is 0 Å². The van der Waals surface area contributed by atoms with Gasteiger partial charge in [0.2, 0.25) is 10.0 Å². The van der Waals surface area contributed by atoms with Crippen LogP contribution < -0.4 is 4.72 Å². The van der Waals surface area contributed by atoms with Crippen molar-refractivity contribution in [2.24, 2.45) is 0 Å². The van der Waals surface area contributed by atoms with Crippen LogP contribution in [0.3, 0.4) is 0 Å². The minimum atomic E-state index is -3.17. The molecule has 0 unspecified atom stereocenters. The number of benzene rings is 1. The molecule has 0 bridgehead atoms. The predicted molar refractivity (Wildman–Crippen MR) is 64.8 cm³/mol. The van der Waals surface area contributed by atoms with Crippen LogP contribution in [0.15, 0.2) is 24.3 Å². The smallest absolute Gasteiger partial charge is 0.212 e. The molecule has 1 saturated carbocycles. The molecule has 1 N–H and O–H groups in total. The Morgan fingerprint density at radius 3 is 2.25 bits per heavy atom. The largest absolute Gasteiger partial charge is 0.216 e. The van der Waals surface area contributed by atoms with E-state index in [4.69, 9.17) is 11.6 Å². The van der Waals surface area contributed by atoms with Crippen molar-refractivity contribution in [2.75, 3.05) is 0 Å². The molecule has 0 atom stereocenters. The van der Waals surface area contributed by atoms with Gasteiger partial charge in [-0.1, -0.05) is 24.3 Å². The average molecular weight is 260 g/mol. The van der Waals surface area contributed by atoms with Crippen LogP contribution in [0.5, 0.6) is 0 Å². The van der Waals surface area contributed by atoms with Crippen LogP contribution in [-0.2, 0) is 21.7 Å². The SMILES string of the molecule is O=S(=O)(Cc1ccc(CCl)cc1)NC1CC1. The van der Waals surface area contributed by atoms with E-state index in [1.807, 2.05) is 24.3 Å². The van der Waals surface area contributed by atoms with E-state index in [1.165, 1.54) is 0 Å². The second-order valence-electron chi connectivity index (χ2n) is 4.10. The Labute approximate surface area is 101 Å². The second-order valence-corrected chi connectivity index (χ2v) is 6.12. The lowest BCUT2D eigenvalue weighted by molar-refractivity contribution is 0.580. The topological polar surface area (TPSA) is 46.2 Å². The molecule has 0 heterocycles. The Kier molecular flexibility index (Phi) is 3.52. The summed E-state index contributed by atoms with van der Waals surface area (Å²) in [6.45, 7) is 0. The van der Waals surface area contributed by atoms with E-state index >= 15 is 0 Å². The van der Waals surface area contributed by atoms with Gasteiger partial charge in [0.15, 0.2) is 0 Å². The maximum atomic E-state index is 11.7. The molecular formula is C11H14ClNO2S. The van der Waals surface area contributed by atoms with Crippen LogP contribution in [0.2, 0.25) is 0 Å². The standard InChI is InChI=1S/C11H14ClNO2S/c12-7-9-1-3-10(4-2-9)8-16(14,15)13-11-5-6-11/h1-4,11,13H,5-8H2. The van der Waals surface area contributed by atoms with Crippen LogP contribution in [0.25, 0.3) is 0 Å². The zero-order valence-electron chi connectivity index (χ0n) is 8.82. The number of sulfonamides is 1. The highest BCUT2D eigenvalue weighted by molar-refractivity contribution is 7.88. The van der Waals surface area contributed by atoms with Crippen molar-refractivity contribution < 1.29 is 8.42 Å². The van der Waals surface area contributed by atoms with Gasteiger partial charge in [-0.2, -0.15) is 0 Å². The van der Waals surface area contributed by atoms with Gasteiger partial charge < -0.3 is 0 Å². The first-order valence-electron chi connectivity index (χ1n) is 5.23. The first kappa shape index (κ1) is 11.9. The maximum Gasteiger partial charge on any atom is 0.216 e. The summed E-state index contributed by atoms with van der Waals surface area (Å²) in [7, 11) is -3.17. The van der Waals surface area contributed by atoms with Crippen molar-refractivity contribution in [2.45, 2.75) is 30.5 Å². The molecule has 5 heteroatoms. The highest BCUT2D eigenvalue weighted by Gasteiger charge is 2.26. The van der Waals surface area contributed by atoms with Gasteiger partial charge in [-0.25, -0.2) is 13.1 Å². The minimum absolute atomic E-state index is 0.0477. The molecule has 1 fully saturated rings. The van der Waals surface area contributed by atoms with Crippen LogP contribution in [0, 0.1) is 0 Å². The molecule has 0 aromatic heterocycles. The number of rotatable bonds is 5. The zero-order chi connectivity index (χ0) is 11.6. The van der Waals surface area contributed by atoms with E-state index in [0.717, 1.165) is 24.0 Å². The zero-order valence-corrected chi connectivity index (χ0v) is 10.4. The number of hydrogen-bond acceptors (Lipinski definition) is 2. The molecule has 0 spiro atoms. The molecule has 0 aliphatic heterocycles. The molecule has 0 radical (unpaired) electrons. The molecule has 2 rings (SSSR count). The predicted octanol–water partition coefficient (Wildman–Crippen LogP) is 2.01. The lowest BCUT2D eigenvalue weighted by Gasteiger charge is -2.05. The molecule has 16 heavy (non-hydrogen) atoms. The summed E-state index contributed by atoms with van der Waals surface area (Å²) >= 11 is 5.66. The van der Waals surface area contributed by atoms with Crippen LogP contribution in [-0.4, -0.2) is 14.5 Å². The van der Waals surface area contributed by atoms with E-state index in [9.17, 15) is 8.42 Å². The van der Waals surface area contributed by atoms with E-state index in [2.05, 4.69) is 4.72 Å². The number of alkyl halides is 1. The summed E-state index contributed by atoms with van der Waals surface area (Å²) in [5.74, 6) is 0.499. The molecule has 1 aromatic rings. The van der Waals surface area contributed by atoms with Crippen LogP contribution >= 0.6 is 11.6 Å². The number of hydrogen-bond donors (Lipinski definition) is 1. The van der Waals surface area contributed by atoms with E-state index in [-0.39, 0.29) is 11.8 Å². The first-order chi connectivity index (χ1) is 7.59. The Morgan fingerprint density at radius 1 is 1.19 bits per heavy atom. The van der Waals surface area contributed by atoms with Crippen molar-refractivity contribution in [3.8, 4) is 0 Å². The third kappa shape index (κ3) is 3.47. The summed E-state index contributed by atoms with van der Waals surface area (Å²) in [6.07, 6.45) is 1.93. The molecule has 1 aliphatic rings. The average Bonchev–Trinajstić information content (AvgIpc) is 3.01. The van der Waals surface area contributed by atoms with Crippen molar-refractivity contribution in [3.63, 3.8) is 0 Å². The monoisotopic (exact) mass is 259 g/mol. The lowest BCUT2D eigenvalue weighted by Crippen LogP contribution is -2.27. The molecule has 3 nitrogen and oxygen atoms in total. The highest BCUT2D eigenvalue weighted by atomic mass is 35.5. The minimum Gasteiger partial charge on any atom is -0.212 e. The Hall–Kier alpha value is -0.580. The second kappa shape index (κ2) is 4.73. The van der Waals surface area contributed by atoms with Crippen LogP contribution in [0.4, 0.5) is 0 Å². The number of halogens is 1. The summed E-state index contributed by atoms with van der Waals surface area (Å²) in [5, 5.41) is 0. The summed E-state index contributed by atoms with van der Waals surface area (Å²) in [4.78, 5) is 0. The van der Waals surface area contributed by atoms with Crippen molar-refractivity contribution in [1.29, 1.82) is 0 Å². The van der Waals surface area contributed by atoms with Gasteiger partial charge in [-0.3, -0.25) is 0 Å². The van der Waals surface area contributed by atoms with Crippen LogP contribution in [0.1, 0.15) is 24.0 Å². The van der Waals surface area contributed by atoms with Gasteiger partial charge in [0, 0.05) is 11.9 Å². The molecular weight excluding hydrogens is 246 g/mol. The normalized spacial score (nSPS) is 16.3. The van der Waals surface area contributed by atoms with Gasteiger partial charge in [-0.15, -0.1) is 11.6 Å². The fraction of sp³-hybridized carbons (Fsp3) is 0.455. The van der Waals surface area contributed by atoms with Gasteiger partial charge in [-0.05, 0) is 24.0 Å². The molecule has 88 valence electrons. The number of nitrogens with one attached hydrogen (secondary N) is 1. The molecule has 1 aromatic carbocycles. The molecule has 0 saturated heterocycles. The van der Waals surface area contributed by atoms with E-state index < -0.39 is 10.0 Å². The first-order valence-corrected chi connectivity index (χ1v) is 7.41. The Bertz CT molecular complexity index is 451. The third-order valence-electron chi connectivity index (χ3n) is 2.46. The highest BCUT2D eigenvalue weighted by Crippen LogP contribution is 2.20. The quantitative estimate of drug-likeness (QED) is 0.823. The lowest BCUT2D eigenvalue weighted by atomic mass is 10.2. The van der Waals surface area contributed by atoms with E-state index in [1.54, 1.807) is 0 Å². The maximum absolute atomic E-state index is 11.7. The molecule has 0 amide bonds. The summed E-state index contributed by atoms with van der Waals surface area (Å²) in [5.41, 5.74) is 1.79. The fourth-order valence-corrected chi connectivity index (χ4v) is 3.08. The van der Waals surface area contributed by atoms with Crippen molar-refractivity contribution in [3.05, 3.63) is 35.4 Å². The van der Waals surface area contributed by atoms with Gasteiger partial charge in [0.1, 0.15) is 0 Å². The Morgan fingerprint density at radius 2 is 1.75 bits per heavy atom. The Balaban J connectivity index is 2.01. The third-order valence-corrected chi connectivity index (χ3v) is 4.17. The summed E-state index contributed by atoms with van der Waals surface area (Å²) in [6, 6.07) is 7.50. The fourth-order valence-electron chi connectivity index (χ4n) is 1.44. The van der Waals surface area contributed by atoms with Gasteiger partial charge in [0.25, 0.3) is 0 Å². The summed E-state index contributed by atoms with van der Waals surface area (Å²) < 4.78 is 26.0.